The molecular formula is C16H15NO5. The third kappa shape index (κ3) is 3.76. The molecule has 1 amide bonds. The zero-order valence-corrected chi connectivity index (χ0v) is 11.9. The van der Waals surface area contributed by atoms with E-state index in [1.165, 1.54) is 19.2 Å². The zero-order chi connectivity index (χ0) is 15.9. The molecule has 114 valence electrons. The lowest BCUT2D eigenvalue weighted by atomic mass is 10.2. The maximum atomic E-state index is 11.8. The Hall–Kier alpha value is -3.02. The summed E-state index contributed by atoms with van der Waals surface area (Å²) in [4.78, 5) is 22.5. The fourth-order valence-electron chi connectivity index (χ4n) is 1.79. The van der Waals surface area contributed by atoms with E-state index < -0.39 is 5.91 Å². The lowest BCUT2D eigenvalue weighted by Gasteiger charge is -2.11. The maximum Gasteiger partial charge on any atom is 0.262 e. The minimum absolute atomic E-state index is 0.0243. The first-order valence-corrected chi connectivity index (χ1v) is 6.48. The second-order valence-corrected chi connectivity index (χ2v) is 4.38. The van der Waals surface area contributed by atoms with E-state index in [1.807, 2.05) is 0 Å². The van der Waals surface area contributed by atoms with Crippen LogP contribution in [0.4, 0.5) is 5.69 Å². The minimum Gasteiger partial charge on any atom is -0.506 e. The van der Waals surface area contributed by atoms with Crippen molar-refractivity contribution in [3.8, 4) is 17.2 Å². The molecule has 2 aromatic carbocycles. The number of aldehydes is 1. The van der Waals surface area contributed by atoms with Crippen LogP contribution in [0.15, 0.2) is 42.5 Å². The van der Waals surface area contributed by atoms with Gasteiger partial charge in [0.25, 0.3) is 5.91 Å². The molecule has 0 heterocycles. The second-order valence-electron chi connectivity index (χ2n) is 4.38. The van der Waals surface area contributed by atoms with Crippen LogP contribution >= 0.6 is 0 Å². The highest BCUT2D eigenvalue weighted by molar-refractivity contribution is 5.93. The van der Waals surface area contributed by atoms with Gasteiger partial charge < -0.3 is 19.9 Å². The quantitative estimate of drug-likeness (QED) is 0.631. The van der Waals surface area contributed by atoms with E-state index in [1.54, 1.807) is 30.3 Å². The van der Waals surface area contributed by atoms with Gasteiger partial charge in [-0.25, -0.2) is 0 Å². The molecular weight excluding hydrogens is 286 g/mol. The lowest BCUT2D eigenvalue weighted by Crippen LogP contribution is -2.20. The first-order chi connectivity index (χ1) is 10.6. The number of anilines is 1. The average molecular weight is 301 g/mol. The van der Waals surface area contributed by atoms with Gasteiger partial charge >= 0.3 is 0 Å². The highest BCUT2D eigenvalue weighted by atomic mass is 16.5. The Morgan fingerprint density at radius 1 is 1.23 bits per heavy atom. The standard InChI is InChI=1S/C16H15NO5/c1-21-15-8-11(9-18)6-7-14(15)22-10-16(20)17-12-4-2-3-5-13(12)19/h2-9,19H,10H2,1H3,(H,17,20). The van der Waals surface area contributed by atoms with Crippen molar-refractivity contribution in [1.29, 1.82) is 0 Å². The van der Waals surface area contributed by atoms with Crippen molar-refractivity contribution in [1.82, 2.24) is 0 Å². The molecule has 0 unspecified atom stereocenters. The Bertz CT molecular complexity index is 684. The molecule has 0 bridgehead atoms. The molecule has 0 aliphatic rings. The summed E-state index contributed by atoms with van der Waals surface area (Å²) in [5.74, 6) is 0.257. The number of hydrogen-bond acceptors (Lipinski definition) is 5. The molecule has 0 aliphatic heterocycles. The van der Waals surface area contributed by atoms with Gasteiger partial charge in [0, 0.05) is 5.56 Å². The summed E-state index contributed by atoms with van der Waals surface area (Å²) >= 11 is 0. The first kappa shape index (κ1) is 15.4. The number of aromatic hydroxyl groups is 1. The zero-order valence-electron chi connectivity index (χ0n) is 11.9. The Morgan fingerprint density at radius 3 is 2.68 bits per heavy atom. The van der Waals surface area contributed by atoms with E-state index in [0.29, 0.717) is 29.0 Å². The largest absolute Gasteiger partial charge is 0.506 e. The normalized spacial score (nSPS) is 9.86. The lowest BCUT2D eigenvalue weighted by molar-refractivity contribution is -0.118. The third-order valence-corrected chi connectivity index (χ3v) is 2.86. The predicted octanol–water partition coefficient (Wildman–Crippen LogP) is 2.23. The van der Waals surface area contributed by atoms with E-state index in [2.05, 4.69) is 5.32 Å². The van der Waals surface area contributed by atoms with Gasteiger partial charge in [-0.05, 0) is 30.3 Å². The summed E-state index contributed by atoms with van der Waals surface area (Å²) in [5.41, 5.74) is 0.752. The minimum atomic E-state index is -0.428. The number of carbonyl (C=O) groups is 2. The van der Waals surface area contributed by atoms with Crippen LogP contribution in [0.3, 0.4) is 0 Å². The van der Waals surface area contributed by atoms with Crippen LogP contribution in [0.1, 0.15) is 10.4 Å². The number of methoxy groups -OCH3 is 1. The average Bonchev–Trinajstić information content (AvgIpc) is 2.55. The SMILES string of the molecule is COc1cc(C=O)ccc1OCC(=O)Nc1ccccc1O. The number of amides is 1. The Kier molecular flexibility index (Phi) is 4.98. The number of carbonyl (C=O) groups excluding carboxylic acids is 2. The van der Waals surface area contributed by atoms with Gasteiger partial charge in [-0.15, -0.1) is 0 Å². The van der Waals surface area contributed by atoms with Crippen LogP contribution < -0.4 is 14.8 Å². The fourth-order valence-corrected chi connectivity index (χ4v) is 1.79. The van der Waals surface area contributed by atoms with E-state index in [-0.39, 0.29) is 12.4 Å². The van der Waals surface area contributed by atoms with Crippen molar-refractivity contribution in [2.24, 2.45) is 0 Å². The van der Waals surface area contributed by atoms with E-state index in [9.17, 15) is 14.7 Å². The topological polar surface area (TPSA) is 84.9 Å². The molecule has 0 radical (unpaired) electrons. The fraction of sp³-hybridized carbons (Fsp3) is 0.125. The number of para-hydroxylation sites is 2. The number of phenols is 1. The van der Waals surface area contributed by atoms with Crippen LogP contribution in [0.25, 0.3) is 0 Å². The van der Waals surface area contributed by atoms with Gasteiger partial charge in [0.15, 0.2) is 18.1 Å². The second kappa shape index (κ2) is 7.12. The smallest absolute Gasteiger partial charge is 0.262 e. The molecule has 6 heteroatoms. The summed E-state index contributed by atoms with van der Waals surface area (Å²) in [5, 5.41) is 12.1. The summed E-state index contributed by atoms with van der Waals surface area (Å²) < 4.78 is 10.5. The van der Waals surface area contributed by atoms with Crippen LogP contribution in [0, 0.1) is 0 Å². The Labute approximate surface area is 127 Å². The van der Waals surface area contributed by atoms with Crippen molar-refractivity contribution in [2.45, 2.75) is 0 Å². The molecule has 2 N–H and O–H groups in total. The summed E-state index contributed by atoms with van der Waals surface area (Å²) in [6, 6.07) is 11.0. The van der Waals surface area contributed by atoms with Gasteiger partial charge in [0.2, 0.25) is 0 Å². The van der Waals surface area contributed by atoms with Crippen molar-refractivity contribution in [2.75, 3.05) is 19.0 Å². The predicted molar refractivity (Wildman–Crippen MR) is 80.6 cm³/mol. The van der Waals surface area contributed by atoms with E-state index >= 15 is 0 Å². The van der Waals surface area contributed by atoms with Crippen molar-refractivity contribution < 1.29 is 24.2 Å². The molecule has 0 spiro atoms. The van der Waals surface area contributed by atoms with Crippen molar-refractivity contribution in [3.63, 3.8) is 0 Å². The molecule has 0 aliphatic carbocycles. The molecule has 0 saturated carbocycles. The van der Waals surface area contributed by atoms with Crippen LogP contribution in [0.2, 0.25) is 0 Å². The van der Waals surface area contributed by atoms with E-state index in [4.69, 9.17) is 9.47 Å². The molecule has 0 fully saturated rings. The van der Waals surface area contributed by atoms with Crippen LogP contribution in [-0.4, -0.2) is 31.0 Å². The number of hydrogen-bond donors (Lipinski definition) is 2. The molecule has 6 nitrogen and oxygen atoms in total. The number of benzene rings is 2. The monoisotopic (exact) mass is 301 g/mol. The van der Waals surface area contributed by atoms with Crippen LogP contribution in [-0.2, 0) is 4.79 Å². The molecule has 2 aromatic rings. The number of rotatable bonds is 6. The molecule has 0 saturated heterocycles. The molecule has 2 rings (SSSR count). The first-order valence-electron chi connectivity index (χ1n) is 6.48. The summed E-state index contributed by atoms with van der Waals surface area (Å²) in [7, 11) is 1.44. The highest BCUT2D eigenvalue weighted by Gasteiger charge is 2.10. The van der Waals surface area contributed by atoms with Crippen molar-refractivity contribution in [3.05, 3.63) is 48.0 Å². The van der Waals surface area contributed by atoms with Gasteiger partial charge in [0.1, 0.15) is 12.0 Å². The van der Waals surface area contributed by atoms with Gasteiger partial charge in [0.05, 0.1) is 12.8 Å². The van der Waals surface area contributed by atoms with Gasteiger partial charge in [-0.1, -0.05) is 12.1 Å². The highest BCUT2D eigenvalue weighted by Crippen LogP contribution is 2.27. The summed E-state index contributed by atoms with van der Waals surface area (Å²) in [6.45, 7) is -0.259. The van der Waals surface area contributed by atoms with Gasteiger partial charge in [-0.2, -0.15) is 0 Å². The molecule has 22 heavy (non-hydrogen) atoms. The van der Waals surface area contributed by atoms with Gasteiger partial charge in [-0.3, -0.25) is 9.59 Å². The third-order valence-electron chi connectivity index (χ3n) is 2.86. The number of nitrogens with one attached hydrogen (secondary N) is 1. The molecule has 0 atom stereocenters. The summed E-state index contributed by atoms with van der Waals surface area (Å²) in [6.07, 6.45) is 0.692. The molecule has 0 aromatic heterocycles. The van der Waals surface area contributed by atoms with Crippen LogP contribution in [0.5, 0.6) is 17.2 Å². The van der Waals surface area contributed by atoms with E-state index in [0.717, 1.165) is 0 Å². The Morgan fingerprint density at radius 2 is 2.00 bits per heavy atom. The maximum absolute atomic E-state index is 11.8. The number of phenolic OH excluding ortho intramolecular Hbond substituents is 1. The number of ether oxygens (including phenoxy) is 2. The van der Waals surface area contributed by atoms with Crippen molar-refractivity contribution >= 4 is 17.9 Å². The Balaban J connectivity index is 1.99.